The van der Waals surface area contributed by atoms with Gasteiger partial charge >= 0.3 is 5.97 Å². The van der Waals surface area contributed by atoms with Crippen LogP contribution in [0.15, 0.2) is 78.9 Å². The van der Waals surface area contributed by atoms with Crippen LogP contribution < -0.4 is 4.74 Å². The summed E-state index contributed by atoms with van der Waals surface area (Å²) in [5.41, 5.74) is 6.74. The molecule has 0 atom stereocenters. The monoisotopic (exact) mass is 428 g/mol. The molecule has 4 rings (SSSR count). The van der Waals surface area contributed by atoms with E-state index in [0.717, 1.165) is 41.7 Å². The van der Waals surface area contributed by atoms with Crippen molar-refractivity contribution in [1.82, 2.24) is 0 Å². The molecule has 0 saturated heterocycles. The van der Waals surface area contributed by atoms with E-state index in [-0.39, 0.29) is 5.97 Å². The van der Waals surface area contributed by atoms with Crippen LogP contribution in [0.2, 0.25) is 0 Å². The van der Waals surface area contributed by atoms with Gasteiger partial charge in [0.15, 0.2) is 0 Å². The first-order chi connectivity index (χ1) is 15.8. The quantitative estimate of drug-likeness (QED) is 0.364. The van der Waals surface area contributed by atoms with Gasteiger partial charge in [0.05, 0.1) is 12.2 Å². The lowest BCUT2D eigenvalue weighted by Gasteiger charge is -2.15. The Kier molecular flexibility index (Phi) is 8.68. The second-order valence-electron chi connectivity index (χ2n) is 7.38. The summed E-state index contributed by atoms with van der Waals surface area (Å²) in [7, 11) is 0. The third-order valence-corrected chi connectivity index (χ3v) is 5.41. The Morgan fingerprint density at radius 1 is 0.812 bits per heavy atom. The highest BCUT2D eigenvalue weighted by atomic mass is 16.5. The number of hydrogen-bond acceptors (Lipinski definition) is 3. The Morgan fingerprint density at radius 2 is 1.47 bits per heavy atom. The summed E-state index contributed by atoms with van der Waals surface area (Å²) < 4.78 is 11.3. The fourth-order valence-electron chi connectivity index (χ4n) is 3.96. The van der Waals surface area contributed by atoms with E-state index in [9.17, 15) is 4.79 Å². The van der Waals surface area contributed by atoms with Crippen molar-refractivity contribution in [3.05, 3.63) is 101 Å². The number of carbonyl (C=O) groups is 1. The largest absolute Gasteiger partial charge is 0.488 e. The van der Waals surface area contributed by atoms with Gasteiger partial charge in [-0.05, 0) is 66.7 Å². The molecule has 0 radical (unpaired) electrons. The van der Waals surface area contributed by atoms with E-state index < -0.39 is 0 Å². The van der Waals surface area contributed by atoms with Crippen LogP contribution in [-0.4, -0.2) is 12.6 Å². The molecule has 0 aliphatic heterocycles. The Hall–Kier alpha value is -3.33. The predicted molar refractivity (Wildman–Crippen MR) is 132 cm³/mol. The number of esters is 1. The molecule has 0 heterocycles. The zero-order valence-electron chi connectivity index (χ0n) is 19.3. The molecular formula is C29H32O3. The van der Waals surface area contributed by atoms with Gasteiger partial charge in [-0.15, -0.1) is 0 Å². The third kappa shape index (κ3) is 5.67. The van der Waals surface area contributed by atoms with Gasteiger partial charge in [0.25, 0.3) is 0 Å². The predicted octanol–water partition coefficient (Wildman–Crippen LogP) is 7.56. The van der Waals surface area contributed by atoms with Crippen LogP contribution in [0.25, 0.3) is 11.1 Å². The summed E-state index contributed by atoms with van der Waals surface area (Å²) in [6.45, 7) is 6.75. The van der Waals surface area contributed by atoms with Crippen molar-refractivity contribution in [2.75, 3.05) is 6.61 Å². The van der Waals surface area contributed by atoms with E-state index in [1.807, 2.05) is 75.4 Å². The van der Waals surface area contributed by atoms with Crippen molar-refractivity contribution in [3.63, 3.8) is 0 Å². The molecule has 0 fully saturated rings. The fourth-order valence-corrected chi connectivity index (χ4v) is 3.96. The van der Waals surface area contributed by atoms with Crippen LogP contribution in [0.1, 0.15) is 67.1 Å². The molecule has 0 saturated carbocycles. The molecule has 166 valence electrons. The van der Waals surface area contributed by atoms with Crippen molar-refractivity contribution in [2.45, 2.75) is 46.6 Å². The molecule has 1 aliphatic carbocycles. The van der Waals surface area contributed by atoms with Crippen molar-refractivity contribution in [2.24, 2.45) is 0 Å². The summed E-state index contributed by atoms with van der Waals surface area (Å²) in [5, 5.41) is 0. The maximum absolute atomic E-state index is 11.9. The van der Waals surface area contributed by atoms with Crippen LogP contribution in [-0.2, 0) is 11.3 Å². The number of carbonyl (C=O) groups excluding carboxylic acids is 1. The standard InChI is InChI=1S/C27H26O3.C2H6/c1-2-29-27(28)22-17-15-21(16-18-22)23-12-8-13-24(23)25-11-6-7-14-26(25)30-19-20-9-4-3-5-10-20;1-2/h3-7,9-11,14-18H,2,8,12-13,19H2,1H3;1-2H3. The summed E-state index contributed by atoms with van der Waals surface area (Å²) in [4.78, 5) is 11.9. The lowest BCUT2D eigenvalue weighted by molar-refractivity contribution is 0.0526. The minimum absolute atomic E-state index is 0.274. The van der Waals surface area contributed by atoms with E-state index in [2.05, 4.69) is 24.3 Å². The Balaban J connectivity index is 0.00000141. The van der Waals surface area contributed by atoms with Gasteiger partial charge < -0.3 is 9.47 Å². The minimum atomic E-state index is -0.274. The highest BCUT2D eigenvalue weighted by Gasteiger charge is 2.20. The second-order valence-corrected chi connectivity index (χ2v) is 7.38. The molecule has 3 nitrogen and oxygen atoms in total. The molecule has 0 N–H and O–H groups in total. The molecule has 1 aliphatic rings. The molecule has 0 unspecified atom stereocenters. The Bertz CT molecular complexity index is 1030. The number of hydrogen-bond donors (Lipinski definition) is 0. The summed E-state index contributed by atoms with van der Waals surface area (Å²) >= 11 is 0. The average Bonchev–Trinajstić information content (AvgIpc) is 3.35. The van der Waals surface area contributed by atoms with E-state index in [4.69, 9.17) is 9.47 Å². The van der Waals surface area contributed by atoms with Gasteiger partial charge in [-0.25, -0.2) is 4.79 Å². The van der Waals surface area contributed by atoms with E-state index >= 15 is 0 Å². The van der Waals surface area contributed by atoms with E-state index in [0.29, 0.717) is 18.8 Å². The Morgan fingerprint density at radius 3 is 2.19 bits per heavy atom. The highest BCUT2D eigenvalue weighted by molar-refractivity contribution is 5.95. The first-order valence-electron chi connectivity index (χ1n) is 11.5. The highest BCUT2D eigenvalue weighted by Crippen LogP contribution is 2.42. The van der Waals surface area contributed by atoms with Crippen LogP contribution in [0.5, 0.6) is 5.75 Å². The van der Waals surface area contributed by atoms with Gasteiger partial charge in [0.1, 0.15) is 12.4 Å². The van der Waals surface area contributed by atoms with Crippen LogP contribution in [0.4, 0.5) is 0 Å². The van der Waals surface area contributed by atoms with Crippen molar-refractivity contribution < 1.29 is 14.3 Å². The first kappa shape index (κ1) is 23.3. The zero-order chi connectivity index (χ0) is 22.8. The second kappa shape index (κ2) is 11.9. The molecule has 0 aromatic heterocycles. The van der Waals surface area contributed by atoms with Crippen LogP contribution in [0, 0.1) is 0 Å². The SMILES string of the molecule is CC.CCOC(=O)c1ccc(C2=C(c3ccccc3OCc3ccccc3)CCC2)cc1. The smallest absolute Gasteiger partial charge is 0.338 e. The normalized spacial score (nSPS) is 12.7. The van der Waals surface area contributed by atoms with Gasteiger partial charge in [-0.1, -0.05) is 74.5 Å². The molecule has 3 aromatic carbocycles. The molecule has 3 aromatic rings. The van der Waals surface area contributed by atoms with Crippen LogP contribution in [0.3, 0.4) is 0 Å². The minimum Gasteiger partial charge on any atom is -0.488 e. The van der Waals surface area contributed by atoms with Gasteiger partial charge in [-0.2, -0.15) is 0 Å². The average molecular weight is 429 g/mol. The fraction of sp³-hybridized carbons (Fsp3) is 0.276. The number of ether oxygens (including phenoxy) is 2. The lowest BCUT2D eigenvalue weighted by Crippen LogP contribution is -2.04. The number of benzene rings is 3. The summed E-state index contributed by atoms with van der Waals surface area (Å²) in [5.74, 6) is 0.642. The van der Waals surface area contributed by atoms with Crippen LogP contribution >= 0.6 is 0 Å². The number of allylic oxidation sites excluding steroid dienone is 2. The molecule has 0 amide bonds. The Labute approximate surface area is 191 Å². The summed E-state index contributed by atoms with van der Waals surface area (Å²) in [6.07, 6.45) is 3.18. The van der Waals surface area contributed by atoms with Crippen molar-refractivity contribution >= 4 is 17.1 Å². The third-order valence-electron chi connectivity index (χ3n) is 5.41. The van der Waals surface area contributed by atoms with Crippen molar-refractivity contribution in [3.8, 4) is 5.75 Å². The van der Waals surface area contributed by atoms with E-state index in [1.54, 1.807) is 0 Å². The van der Waals surface area contributed by atoms with Crippen molar-refractivity contribution in [1.29, 1.82) is 0 Å². The number of para-hydroxylation sites is 1. The van der Waals surface area contributed by atoms with E-state index in [1.165, 1.54) is 11.1 Å². The maximum atomic E-state index is 11.9. The van der Waals surface area contributed by atoms with Gasteiger partial charge in [0.2, 0.25) is 0 Å². The molecule has 0 spiro atoms. The molecule has 0 bridgehead atoms. The molecular weight excluding hydrogens is 396 g/mol. The van der Waals surface area contributed by atoms with Gasteiger partial charge in [-0.3, -0.25) is 0 Å². The lowest BCUT2D eigenvalue weighted by atomic mass is 9.96. The topological polar surface area (TPSA) is 35.5 Å². The molecule has 32 heavy (non-hydrogen) atoms. The van der Waals surface area contributed by atoms with Gasteiger partial charge in [0, 0.05) is 5.56 Å². The first-order valence-corrected chi connectivity index (χ1v) is 11.5. The number of rotatable bonds is 7. The summed E-state index contributed by atoms with van der Waals surface area (Å²) in [6, 6.07) is 26.3. The molecule has 3 heteroatoms. The maximum Gasteiger partial charge on any atom is 0.338 e. The zero-order valence-corrected chi connectivity index (χ0v) is 19.3.